The number of hydrogen-bond donors (Lipinski definition) is 0. The number of carbonyl (C=O) groups is 1. The number of aryl methyl sites for hydroxylation is 1. The minimum atomic E-state index is -0.356. The number of ether oxygens (including phenoxy) is 1. The zero-order valence-electron chi connectivity index (χ0n) is 13.3. The van der Waals surface area contributed by atoms with E-state index in [9.17, 15) is 4.79 Å². The smallest absolute Gasteiger partial charge is 0.343 e. The molecular weight excluding hydrogens is 364 g/mol. The van der Waals surface area contributed by atoms with Gasteiger partial charge in [0.2, 0.25) is 0 Å². The van der Waals surface area contributed by atoms with E-state index in [-0.39, 0.29) is 5.97 Å². The molecule has 0 aliphatic rings. The molecule has 0 unspecified atom stereocenters. The van der Waals surface area contributed by atoms with Crippen molar-refractivity contribution in [3.63, 3.8) is 0 Å². The third-order valence-corrected chi connectivity index (χ3v) is 4.46. The zero-order chi connectivity index (χ0) is 16.9. The van der Waals surface area contributed by atoms with Crippen LogP contribution < -0.4 is 4.74 Å². The molecule has 0 radical (unpaired) electrons. The van der Waals surface area contributed by atoms with Gasteiger partial charge in [-0.25, -0.2) is 4.79 Å². The third kappa shape index (κ3) is 3.74. The van der Waals surface area contributed by atoms with Crippen LogP contribution in [0.5, 0.6) is 5.75 Å². The van der Waals surface area contributed by atoms with Gasteiger partial charge < -0.3 is 4.74 Å². The second kappa shape index (κ2) is 7.45. The van der Waals surface area contributed by atoms with E-state index in [4.69, 9.17) is 4.74 Å². The van der Waals surface area contributed by atoms with Crippen LogP contribution >= 0.6 is 15.9 Å². The Balaban J connectivity index is 1.78. The molecule has 0 aliphatic heterocycles. The fraction of sp³-hybridized carbons (Fsp3) is 0.0952. The topological polar surface area (TPSA) is 26.3 Å². The van der Waals surface area contributed by atoms with Crippen molar-refractivity contribution < 1.29 is 9.53 Å². The van der Waals surface area contributed by atoms with E-state index in [0.717, 1.165) is 22.0 Å². The van der Waals surface area contributed by atoms with Crippen molar-refractivity contribution in [2.24, 2.45) is 0 Å². The van der Waals surface area contributed by atoms with E-state index in [1.165, 1.54) is 5.56 Å². The third-order valence-electron chi connectivity index (χ3n) is 3.84. The van der Waals surface area contributed by atoms with Crippen LogP contribution in [0.2, 0.25) is 0 Å². The van der Waals surface area contributed by atoms with Crippen LogP contribution in [-0.2, 0) is 6.42 Å². The number of carbonyl (C=O) groups excluding carboxylic acids is 1. The monoisotopic (exact) mass is 380 g/mol. The summed E-state index contributed by atoms with van der Waals surface area (Å²) in [6.07, 6.45) is 0.946. The Bertz CT molecular complexity index is 839. The summed E-state index contributed by atoms with van der Waals surface area (Å²) in [7, 11) is 0. The summed E-state index contributed by atoms with van der Waals surface area (Å²) in [4.78, 5) is 12.3. The van der Waals surface area contributed by atoms with Crippen molar-refractivity contribution in [2.45, 2.75) is 13.3 Å². The molecule has 0 N–H and O–H groups in total. The normalized spacial score (nSPS) is 10.4. The first kappa shape index (κ1) is 16.5. The molecule has 0 fully saturated rings. The molecule has 3 rings (SSSR count). The SMILES string of the molecule is CCc1ccc(C(=O)Oc2ccc(-c3ccccc3)cc2Br)cc1. The maximum atomic E-state index is 12.3. The van der Waals surface area contributed by atoms with Gasteiger partial charge in [-0.3, -0.25) is 0 Å². The summed E-state index contributed by atoms with van der Waals surface area (Å²) in [5, 5.41) is 0. The second-order valence-electron chi connectivity index (χ2n) is 5.45. The van der Waals surface area contributed by atoms with Crippen LogP contribution in [-0.4, -0.2) is 5.97 Å². The lowest BCUT2D eigenvalue weighted by Crippen LogP contribution is -2.08. The first-order valence-corrected chi connectivity index (χ1v) is 8.63. The molecule has 24 heavy (non-hydrogen) atoms. The highest BCUT2D eigenvalue weighted by atomic mass is 79.9. The van der Waals surface area contributed by atoms with Gasteiger partial charge in [0.1, 0.15) is 5.75 Å². The predicted molar refractivity (Wildman–Crippen MR) is 100 cm³/mol. The van der Waals surface area contributed by atoms with Crippen LogP contribution in [0.3, 0.4) is 0 Å². The number of rotatable bonds is 4. The molecule has 3 aromatic carbocycles. The van der Waals surface area contributed by atoms with E-state index in [1.807, 2.05) is 60.7 Å². The van der Waals surface area contributed by atoms with Gasteiger partial charge >= 0.3 is 5.97 Å². The molecule has 0 aromatic heterocycles. The Morgan fingerprint density at radius 1 is 0.917 bits per heavy atom. The molecule has 0 heterocycles. The molecule has 0 saturated heterocycles. The van der Waals surface area contributed by atoms with Crippen LogP contribution in [0.15, 0.2) is 77.3 Å². The molecule has 3 aromatic rings. The number of esters is 1. The zero-order valence-corrected chi connectivity index (χ0v) is 14.9. The Hall–Kier alpha value is -2.39. The molecule has 0 aliphatic carbocycles. The van der Waals surface area contributed by atoms with Gasteiger partial charge in [0.15, 0.2) is 0 Å². The van der Waals surface area contributed by atoms with Crippen molar-refractivity contribution in [3.8, 4) is 16.9 Å². The van der Waals surface area contributed by atoms with Crippen molar-refractivity contribution in [2.75, 3.05) is 0 Å². The van der Waals surface area contributed by atoms with Gasteiger partial charge in [-0.1, -0.05) is 55.5 Å². The van der Waals surface area contributed by atoms with Crippen LogP contribution in [0.1, 0.15) is 22.8 Å². The van der Waals surface area contributed by atoms with Gasteiger partial charge in [0.25, 0.3) is 0 Å². The molecule has 0 bridgehead atoms. The van der Waals surface area contributed by atoms with E-state index < -0.39 is 0 Å². The second-order valence-corrected chi connectivity index (χ2v) is 6.31. The van der Waals surface area contributed by atoms with Gasteiger partial charge in [0.05, 0.1) is 10.0 Å². The Labute approximate surface area is 150 Å². The van der Waals surface area contributed by atoms with Crippen LogP contribution in [0, 0.1) is 0 Å². The lowest BCUT2D eigenvalue weighted by atomic mass is 10.1. The predicted octanol–water partition coefficient (Wildman–Crippen LogP) is 5.90. The highest BCUT2D eigenvalue weighted by Crippen LogP contribution is 2.31. The van der Waals surface area contributed by atoms with E-state index in [0.29, 0.717) is 11.3 Å². The first-order valence-electron chi connectivity index (χ1n) is 7.83. The fourth-order valence-corrected chi connectivity index (χ4v) is 2.89. The summed E-state index contributed by atoms with van der Waals surface area (Å²) in [6, 6.07) is 23.3. The molecule has 0 atom stereocenters. The quantitative estimate of drug-likeness (QED) is 0.416. The van der Waals surface area contributed by atoms with Gasteiger partial charge in [-0.05, 0) is 63.3 Å². The maximum absolute atomic E-state index is 12.3. The van der Waals surface area contributed by atoms with Crippen molar-refractivity contribution in [1.29, 1.82) is 0 Å². The van der Waals surface area contributed by atoms with Gasteiger partial charge in [-0.2, -0.15) is 0 Å². The molecule has 2 nitrogen and oxygen atoms in total. The molecule has 0 amide bonds. The Morgan fingerprint density at radius 2 is 1.62 bits per heavy atom. The lowest BCUT2D eigenvalue weighted by Gasteiger charge is -2.09. The largest absolute Gasteiger partial charge is 0.422 e. The summed E-state index contributed by atoms with van der Waals surface area (Å²) < 4.78 is 6.26. The maximum Gasteiger partial charge on any atom is 0.343 e. The average Bonchev–Trinajstić information content (AvgIpc) is 2.64. The number of benzene rings is 3. The average molecular weight is 381 g/mol. The Kier molecular flexibility index (Phi) is 5.11. The minimum Gasteiger partial charge on any atom is -0.422 e. The molecule has 3 heteroatoms. The highest BCUT2D eigenvalue weighted by Gasteiger charge is 2.11. The van der Waals surface area contributed by atoms with Gasteiger partial charge in [0, 0.05) is 0 Å². The summed E-state index contributed by atoms with van der Waals surface area (Å²) >= 11 is 3.49. The van der Waals surface area contributed by atoms with E-state index in [2.05, 4.69) is 22.9 Å². The molecule has 120 valence electrons. The number of halogens is 1. The standard InChI is InChI=1S/C21H17BrO2/c1-2-15-8-10-17(11-9-15)21(23)24-20-13-12-18(14-19(20)22)16-6-4-3-5-7-16/h3-14H,2H2,1H3. The Morgan fingerprint density at radius 3 is 2.25 bits per heavy atom. The lowest BCUT2D eigenvalue weighted by molar-refractivity contribution is 0.0733. The molecular formula is C21H17BrO2. The van der Waals surface area contributed by atoms with Gasteiger partial charge in [-0.15, -0.1) is 0 Å². The highest BCUT2D eigenvalue weighted by molar-refractivity contribution is 9.10. The number of hydrogen-bond acceptors (Lipinski definition) is 2. The molecule has 0 spiro atoms. The van der Waals surface area contributed by atoms with E-state index >= 15 is 0 Å². The van der Waals surface area contributed by atoms with Crippen molar-refractivity contribution >= 4 is 21.9 Å². The fourth-order valence-electron chi connectivity index (χ4n) is 2.43. The van der Waals surface area contributed by atoms with E-state index in [1.54, 1.807) is 12.1 Å². The molecule has 0 saturated carbocycles. The van der Waals surface area contributed by atoms with Crippen LogP contribution in [0.25, 0.3) is 11.1 Å². The summed E-state index contributed by atoms with van der Waals surface area (Å²) in [6.45, 7) is 2.08. The first-order chi connectivity index (χ1) is 11.7. The van der Waals surface area contributed by atoms with Crippen molar-refractivity contribution in [1.82, 2.24) is 0 Å². The van der Waals surface area contributed by atoms with Crippen LogP contribution in [0.4, 0.5) is 0 Å². The van der Waals surface area contributed by atoms with Crippen molar-refractivity contribution in [3.05, 3.63) is 88.4 Å². The summed E-state index contributed by atoms with van der Waals surface area (Å²) in [5.74, 6) is 0.157. The minimum absolute atomic E-state index is 0.356. The summed E-state index contributed by atoms with van der Waals surface area (Å²) in [5.41, 5.74) is 3.92.